The minimum Gasteiger partial charge on any atom is -0.367 e. The monoisotopic (exact) mass is 262 g/mol. The number of thiophene rings is 1. The summed E-state index contributed by atoms with van der Waals surface area (Å²) < 4.78 is 0. The number of pyridine rings is 1. The first kappa shape index (κ1) is 12.6. The van der Waals surface area contributed by atoms with Crippen molar-refractivity contribution < 1.29 is 4.79 Å². The normalized spacial score (nSPS) is 10.3. The summed E-state index contributed by atoms with van der Waals surface area (Å²) >= 11 is 1.67. The molecule has 1 amide bonds. The van der Waals surface area contributed by atoms with Crippen molar-refractivity contribution >= 4 is 17.2 Å². The van der Waals surface area contributed by atoms with Gasteiger partial charge in [0, 0.05) is 36.9 Å². The number of carbonyl (C=O) groups is 1. The summed E-state index contributed by atoms with van der Waals surface area (Å²) in [5.41, 5.74) is -0.0621. The van der Waals surface area contributed by atoms with Gasteiger partial charge in [0.05, 0.1) is 0 Å². The van der Waals surface area contributed by atoms with Crippen LogP contribution in [0.3, 0.4) is 0 Å². The molecule has 0 atom stereocenters. The van der Waals surface area contributed by atoms with E-state index in [9.17, 15) is 9.59 Å². The van der Waals surface area contributed by atoms with E-state index in [1.165, 1.54) is 23.3 Å². The summed E-state index contributed by atoms with van der Waals surface area (Å²) in [6.45, 7) is 0.605. The number of hydrogen-bond donors (Lipinski definition) is 1. The van der Waals surface area contributed by atoms with Crippen LogP contribution in [0.2, 0.25) is 0 Å². The van der Waals surface area contributed by atoms with Gasteiger partial charge in [-0.1, -0.05) is 6.07 Å². The fraction of sp³-hybridized carbons (Fsp3) is 0.231. The van der Waals surface area contributed by atoms with E-state index >= 15 is 0 Å². The fourth-order valence-electron chi connectivity index (χ4n) is 1.62. The number of likely N-dealkylation sites (N-methyl/N-ethyl adjacent to an activating group) is 1. The van der Waals surface area contributed by atoms with Crippen LogP contribution in [-0.4, -0.2) is 29.4 Å². The summed E-state index contributed by atoms with van der Waals surface area (Å²) in [5, 5.41) is 2.01. The molecule has 0 aliphatic carbocycles. The molecular formula is C13H14N2O2S. The molecule has 0 saturated heterocycles. The molecule has 2 aromatic rings. The molecule has 2 aromatic heterocycles. The average Bonchev–Trinajstić information content (AvgIpc) is 2.89. The highest BCUT2D eigenvalue weighted by Crippen LogP contribution is 2.09. The maximum Gasteiger partial charge on any atom is 0.259 e. The summed E-state index contributed by atoms with van der Waals surface area (Å²) in [6.07, 6.45) is 3.78. The number of amides is 1. The summed E-state index contributed by atoms with van der Waals surface area (Å²) in [7, 11) is 1.71. The van der Waals surface area contributed by atoms with Gasteiger partial charge in [-0.25, -0.2) is 0 Å². The molecule has 4 nitrogen and oxygen atoms in total. The van der Waals surface area contributed by atoms with E-state index in [1.54, 1.807) is 23.3 Å². The Bertz CT molecular complexity index is 575. The van der Waals surface area contributed by atoms with Gasteiger partial charge in [0.15, 0.2) is 5.43 Å². The van der Waals surface area contributed by atoms with Gasteiger partial charge in [0.25, 0.3) is 5.91 Å². The number of carbonyl (C=O) groups excluding carboxylic acids is 1. The summed E-state index contributed by atoms with van der Waals surface area (Å²) in [6, 6.07) is 5.39. The molecule has 0 unspecified atom stereocenters. The van der Waals surface area contributed by atoms with Gasteiger partial charge >= 0.3 is 0 Å². The Kier molecular flexibility index (Phi) is 3.94. The van der Waals surface area contributed by atoms with Crippen molar-refractivity contribution in [2.45, 2.75) is 6.42 Å². The molecule has 18 heavy (non-hydrogen) atoms. The molecule has 0 radical (unpaired) electrons. The Labute approximate surface area is 109 Å². The predicted octanol–water partition coefficient (Wildman–Crippen LogP) is 1.75. The van der Waals surface area contributed by atoms with Crippen LogP contribution in [0.1, 0.15) is 15.2 Å². The van der Waals surface area contributed by atoms with Crippen LogP contribution in [0.15, 0.2) is 40.8 Å². The number of hydrogen-bond acceptors (Lipinski definition) is 3. The van der Waals surface area contributed by atoms with Gasteiger partial charge < -0.3 is 9.88 Å². The maximum absolute atomic E-state index is 12.0. The Morgan fingerprint density at radius 2 is 2.28 bits per heavy atom. The van der Waals surface area contributed by atoms with Crippen LogP contribution in [0, 0.1) is 0 Å². The standard InChI is InChI=1S/C13H14N2O2S/c1-15(7-5-10-3-2-8-18-10)13(17)11-9-14-6-4-12(11)16/h2-4,6,8-9H,5,7H2,1H3,(H,14,16). The minimum atomic E-state index is -0.248. The SMILES string of the molecule is CN(CCc1cccs1)C(=O)c1c[nH]ccc1=O. The molecule has 0 spiro atoms. The van der Waals surface area contributed by atoms with Gasteiger partial charge in [-0.2, -0.15) is 0 Å². The van der Waals surface area contributed by atoms with Gasteiger partial charge in [0.1, 0.15) is 5.56 Å². The van der Waals surface area contributed by atoms with E-state index in [1.807, 2.05) is 17.5 Å². The van der Waals surface area contributed by atoms with Crippen molar-refractivity contribution in [2.75, 3.05) is 13.6 Å². The molecule has 0 bridgehead atoms. The molecule has 2 heterocycles. The van der Waals surface area contributed by atoms with Crippen molar-refractivity contribution in [3.8, 4) is 0 Å². The van der Waals surface area contributed by atoms with Gasteiger partial charge in [-0.3, -0.25) is 9.59 Å². The Morgan fingerprint density at radius 3 is 2.94 bits per heavy atom. The molecule has 0 fully saturated rings. The lowest BCUT2D eigenvalue weighted by atomic mass is 10.2. The third-order valence-electron chi connectivity index (χ3n) is 2.67. The molecule has 0 aromatic carbocycles. The fourth-order valence-corrected chi connectivity index (χ4v) is 2.32. The minimum absolute atomic E-state index is 0.186. The number of nitrogens with zero attached hydrogens (tertiary/aromatic N) is 1. The first-order valence-corrected chi connectivity index (χ1v) is 6.51. The second kappa shape index (κ2) is 5.64. The Morgan fingerprint density at radius 1 is 1.44 bits per heavy atom. The van der Waals surface area contributed by atoms with E-state index in [0.29, 0.717) is 6.54 Å². The van der Waals surface area contributed by atoms with Crippen LogP contribution < -0.4 is 5.43 Å². The zero-order valence-electron chi connectivity index (χ0n) is 10.1. The van der Waals surface area contributed by atoms with Gasteiger partial charge in [-0.15, -0.1) is 11.3 Å². The topological polar surface area (TPSA) is 53.2 Å². The van der Waals surface area contributed by atoms with Crippen LogP contribution in [0.4, 0.5) is 0 Å². The third-order valence-corrected chi connectivity index (χ3v) is 3.61. The lowest BCUT2D eigenvalue weighted by Gasteiger charge is -2.16. The van der Waals surface area contributed by atoms with E-state index in [2.05, 4.69) is 4.98 Å². The largest absolute Gasteiger partial charge is 0.367 e. The zero-order chi connectivity index (χ0) is 13.0. The molecule has 5 heteroatoms. The van der Waals surface area contributed by atoms with Crippen molar-refractivity contribution in [1.82, 2.24) is 9.88 Å². The van der Waals surface area contributed by atoms with Crippen molar-refractivity contribution in [2.24, 2.45) is 0 Å². The number of aromatic amines is 1. The first-order valence-electron chi connectivity index (χ1n) is 5.63. The van der Waals surface area contributed by atoms with E-state index in [0.717, 1.165) is 6.42 Å². The van der Waals surface area contributed by atoms with Gasteiger partial charge in [-0.05, 0) is 17.9 Å². The molecule has 0 aliphatic heterocycles. The number of rotatable bonds is 4. The molecule has 0 saturated carbocycles. The summed E-state index contributed by atoms with van der Waals surface area (Å²) in [4.78, 5) is 29.1. The van der Waals surface area contributed by atoms with Crippen LogP contribution in [-0.2, 0) is 6.42 Å². The van der Waals surface area contributed by atoms with Crippen LogP contribution in [0.5, 0.6) is 0 Å². The highest BCUT2D eigenvalue weighted by Gasteiger charge is 2.14. The second-order valence-electron chi connectivity index (χ2n) is 3.98. The maximum atomic E-state index is 12.0. The van der Waals surface area contributed by atoms with E-state index in [4.69, 9.17) is 0 Å². The van der Waals surface area contributed by atoms with Crippen LogP contribution in [0.25, 0.3) is 0 Å². The molecule has 0 aliphatic rings. The smallest absolute Gasteiger partial charge is 0.259 e. The first-order chi connectivity index (χ1) is 8.68. The second-order valence-corrected chi connectivity index (χ2v) is 5.01. The van der Waals surface area contributed by atoms with Crippen molar-refractivity contribution in [1.29, 1.82) is 0 Å². The van der Waals surface area contributed by atoms with Crippen LogP contribution >= 0.6 is 11.3 Å². The predicted molar refractivity (Wildman–Crippen MR) is 72.0 cm³/mol. The number of aromatic nitrogens is 1. The van der Waals surface area contributed by atoms with Crippen molar-refractivity contribution in [3.05, 3.63) is 56.6 Å². The quantitative estimate of drug-likeness (QED) is 0.912. The lowest BCUT2D eigenvalue weighted by Crippen LogP contribution is -2.32. The molecule has 2 rings (SSSR count). The van der Waals surface area contributed by atoms with E-state index < -0.39 is 0 Å². The number of H-pyrrole nitrogens is 1. The molecule has 1 N–H and O–H groups in total. The Balaban J connectivity index is 2.01. The molecule has 94 valence electrons. The molecular weight excluding hydrogens is 248 g/mol. The summed E-state index contributed by atoms with van der Waals surface area (Å²) in [5.74, 6) is -0.242. The highest BCUT2D eigenvalue weighted by molar-refractivity contribution is 7.09. The van der Waals surface area contributed by atoms with Gasteiger partial charge in [0.2, 0.25) is 0 Å². The third kappa shape index (κ3) is 2.87. The highest BCUT2D eigenvalue weighted by atomic mass is 32.1. The number of nitrogens with one attached hydrogen (secondary N) is 1. The zero-order valence-corrected chi connectivity index (χ0v) is 10.9. The van der Waals surface area contributed by atoms with Crippen molar-refractivity contribution in [3.63, 3.8) is 0 Å². The van der Waals surface area contributed by atoms with E-state index in [-0.39, 0.29) is 16.9 Å². The Hall–Kier alpha value is -1.88. The average molecular weight is 262 g/mol. The lowest BCUT2D eigenvalue weighted by molar-refractivity contribution is 0.0795.